The van der Waals surface area contributed by atoms with Crippen LogP contribution in [0, 0.1) is 5.41 Å². The maximum absolute atomic E-state index is 10.0. The van der Waals surface area contributed by atoms with E-state index >= 15 is 0 Å². The molecule has 3 nitrogen and oxygen atoms in total. The third-order valence-electron chi connectivity index (χ3n) is 5.63. The molecule has 1 heterocycles. The Morgan fingerprint density at radius 2 is 2.00 bits per heavy atom. The largest absolute Gasteiger partial charge is 0.396 e. The van der Waals surface area contributed by atoms with Crippen molar-refractivity contribution >= 4 is 0 Å². The van der Waals surface area contributed by atoms with E-state index in [-0.39, 0.29) is 5.41 Å². The minimum atomic E-state index is 0.0888. The first-order valence-electron chi connectivity index (χ1n) is 8.67. The van der Waals surface area contributed by atoms with E-state index in [0.29, 0.717) is 12.6 Å². The van der Waals surface area contributed by atoms with Crippen LogP contribution in [-0.4, -0.2) is 49.5 Å². The summed E-state index contributed by atoms with van der Waals surface area (Å²) in [6.07, 6.45) is 6.85. The van der Waals surface area contributed by atoms with Gasteiger partial charge in [-0.05, 0) is 56.2 Å². The molecule has 0 spiro atoms. The van der Waals surface area contributed by atoms with Crippen LogP contribution in [0.5, 0.6) is 0 Å². The van der Waals surface area contributed by atoms with Crippen molar-refractivity contribution in [2.24, 2.45) is 5.41 Å². The molecule has 0 radical (unpaired) electrons. The second kappa shape index (κ2) is 7.12. The van der Waals surface area contributed by atoms with Gasteiger partial charge in [0, 0.05) is 38.3 Å². The van der Waals surface area contributed by atoms with E-state index in [9.17, 15) is 5.11 Å². The molecule has 1 aromatic rings. The van der Waals surface area contributed by atoms with Crippen LogP contribution in [0.4, 0.5) is 0 Å². The Balaban J connectivity index is 1.63. The highest BCUT2D eigenvalue weighted by Gasteiger charge is 2.38. The smallest absolute Gasteiger partial charge is 0.0499 e. The van der Waals surface area contributed by atoms with Crippen LogP contribution in [0.25, 0.3) is 0 Å². The molecule has 1 saturated heterocycles. The second-order valence-electron chi connectivity index (χ2n) is 7.16. The Morgan fingerprint density at radius 1 is 1.27 bits per heavy atom. The molecule has 0 unspecified atom stereocenters. The van der Waals surface area contributed by atoms with Gasteiger partial charge in [-0.15, -0.1) is 0 Å². The van der Waals surface area contributed by atoms with Crippen LogP contribution in [0.1, 0.15) is 36.8 Å². The average Bonchev–Trinajstić information content (AvgIpc) is 2.99. The van der Waals surface area contributed by atoms with Crippen molar-refractivity contribution in [2.45, 2.75) is 44.6 Å². The number of methoxy groups -OCH3 is 1. The molecule has 2 aliphatic rings. The highest BCUT2D eigenvalue weighted by atomic mass is 16.5. The van der Waals surface area contributed by atoms with Crippen molar-refractivity contribution in [1.29, 1.82) is 0 Å². The second-order valence-corrected chi connectivity index (χ2v) is 7.16. The topological polar surface area (TPSA) is 32.7 Å². The van der Waals surface area contributed by atoms with E-state index in [1.165, 1.54) is 36.9 Å². The van der Waals surface area contributed by atoms with Crippen molar-refractivity contribution in [3.63, 3.8) is 0 Å². The standard InChI is InChI=1S/C19H29NO2/c1-22-11-5-9-19(15-21)8-4-10-20(14-19)18-12-16-6-2-3-7-17(16)13-18/h2-3,6-7,18,21H,4-5,8-15H2,1H3/t19-/m0/s1. The predicted octanol–water partition coefficient (Wildman–Crippen LogP) is 2.65. The van der Waals surface area contributed by atoms with Crippen LogP contribution in [-0.2, 0) is 17.6 Å². The van der Waals surface area contributed by atoms with Gasteiger partial charge in [0.1, 0.15) is 0 Å². The Kier molecular flexibility index (Phi) is 5.17. The van der Waals surface area contributed by atoms with Crippen LogP contribution < -0.4 is 0 Å². The zero-order valence-corrected chi connectivity index (χ0v) is 13.8. The molecule has 122 valence electrons. The summed E-state index contributed by atoms with van der Waals surface area (Å²) in [4.78, 5) is 2.65. The Morgan fingerprint density at radius 3 is 2.64 bits per heavy atom. The highest BCUT2D eigenvalue weighted by molar-refractivity contribution is 5.33. The lowest BCUT2D eigenvalue weighted by molar-refractivity contribution is 0.00297. The third kappa shape index (κ3) is 3.37. The van der Waals surface area contributed by atoms with Crippen molar-refractivity contribution in [1.82, 2.24) is 4.90 Å². The summed E-state index contributed by atoms with van der Waals surface area (Å²) in [5, 5.41) is 10.0. The number of hydrogen-bond donors (Lipinski definition) is 1. The quantitative estimate of drug-likeness (QED) is 0.820. The number of rotatable bonds is 6. The number of hydrogen-bond acceptors (Lipinski definition) is 3. The molecule has 0 bridgehead atoms. The van der Waals surface area contributed by atoms with Gasteiger partial charge >= 0.3 is 0 Å². The Labute approximate surface area is 134 Å². The number of ether oxygens (including phenoxy) is 1. The van der Waals surface area contributed by atoms with Crippen molar-refractivity contribution in [2.75, 3.05) is 33.4 Å². The van der Waals surface area contributed by atoms with Gasteiger partial charge in [0.15, 0.2) is 0 Å². The molecule has 1 N–H and O–H groups in total. The lowest BCUT2D eigenvalue weighted by Crippen LogP contribution is -2.50. The molecule has 3 rings (SSSR count). The summed E-state index contributed by atoms with van der Waals surface area (Å²) < 4.78 is 5.20. The molecule has 1 aromatic carbocycles. The zero-order valence-electron chi connectivity index (χ0n) is 13.8. The van der Waals surface area contributed by atoms with Crippen LogP contribution in [0.15, 0.2) is 24.3 Å². The maximum atomic E-state index is 10.0. The van der Waals surface area contributed by atoms with Gasteiger partial charge in [-0.1, -0.05) is 24.3 Å². The van der Waals surface area contributed by atoms with Gasteiger partial charge in [0.2, 0.25) is 0 Å². The molecule has 1 aliphatic heterocycles. The number of nitrogens with zero attached hydrogens (tertiary/aromatic N) is 1. The van der Waals surface area contributed by atoms with Crippen molar-refractivity contribution < 1.29 is 9.84 Å². The summed E-state index contributed by atoms with van der Waals surface area (Å²) in [6, 6.07) is 9.49. The SMILES string of the molecule is COCCC[C@@]1(CO)CCCN(C2Cc3ccccc3C2)C1. The molecule has 1 fully saturated rings. The van der Waals surface area contributed by atoms with Crippen LogP contribution in [0.2, 0.25) is 0 Å². The molecule has 0 saturated carbocycles. The number of aliphatic hydroxyl groups is 1. The van der Waals surface area contributed by atoms with Crippen molar-refractivity contribution in [3.8, 4) is 0 Å². The van der Waals surface area contributed by atoms with Crippen molar-refractivity contribution in [3.05, 3.63) is 35.4 Å². The minimum Gasteiger partial charge on any atom is -0.396 e. The number of likely N-dealkylation sites (tertiary alicyclic amines) is 1. The zero-order chi connectivity index (χ0) is 15.4. The van der Waals surface area contributed by atoms with Gasteiger partial charge in [0.25, 0.3) is 0 Å². The summed E-state index contributed by atoms with van der Waals surface area (Å²) in [5.41, 5.74) is 3.13. The summed E-state index contributed by atoms with van der Waals surface area (Å²) in [7, 11) is 1.76. The first-order valence-corrected chi connectivity index (χ1v) is 8.67. The molecule has 0 amide bonds. The van der Waals surface area contributed by atoms with E-state index in [2.05, 4.69) is 29.2 Å². The van der Waals surface area contributed by atoms with Crippen LogP contribution in [0.3, 0.4) is 0 Å². The Hall–Kier alpha value is -0.900. The molecular formula is C19H29NO2. The molecular weight excluding hydrogens is 274 g/mol. The number of benzene rings is 1. The predicted molar refractivity (Wildman–Crippen MR) is 89.1 cm³/mol. The van der Waals surface area contributed by atoms with Gasteiger partial charge in [-0.3, -0.25) is 4.90 Å². The van der Waals surface area contributed by atoms with E-state index in [4.69, 9.17) is 4.74 Å². The first-order chi connectivity index (χ1) is 10.8. The minimum absolute atomic E-state index is 0.0888. The van der Waals surface area contributed by atoms with Gasteiger partial charge in [-0.25, -0.2) is 0 Å². The molecule has 1 aliphatic carbocycles. The van der Waals surface area contributed by atoms with Gasteiger partial charge in [0.05, 0.1) is 0 Å². The fraction of sp³-hybridized carbons (Fsp3) is 0.684. The fourth-order valence-corrected chi connectivity index (χ4v) is 4.36. The first kappa shape index (κ1) is 16.0. The molecule has 22 heavy (non-hydrogen) atoms. The third-order valence-corrected chi connectivity index (χ3v) is 5.63. The molecule has 3 heteroatoms. The van der Waals surface area contributed by atoms with E-state index in [1.54, 1.807) is 7.11 Å². The van der Waals surface area contributed by atoms with E-state index in [0.717, 1.165) is 32.4 Å². The normalized spacial score (nSPS) is 26.3. The van der Waals surface area contributed by atoms with Gasteiger partial charge in [-0.2, -0.15) is 0 Å². The molecule has 1 atom stereocenters. The highest BCUT2D eigenvalue weighted by Crippen LogP contribution is 2.37. The Bertz CT molecular complexity index is 465. The molecule has 0 aromatic heterocycles. The summed E-state index contributed by atoms with van der Waals surface area (Å²) in [6.45, 7) is 3.35. The average molecular weight is 303 g/mol. The van der Waals surface area contributed by atoms with Crippen LogP contribution >= 0.6 is 0 Å². The number of fused-ring (bicyclic) bond motifs is 1. The van der Waals surface area contributed by atoms with E-state index < -0.39 is 0 Å². The van der Waals surface area contributed by atoms with Gasteiger partial charge < -0.3 is 9.84 Å². The lowest BCUT2D eigenvalue weighted by atomic mass is 9.76. The summed E-state index contributed by atoms with van der Waals surface area (Å²) in [5.74, 6) is 0. The maximum Gasteiger partial charge on any atom is 0.0499 e. The van der Waals surface area contributed by atoms with E-state index in [1.807, 2.05) is 0 Å². The lowest BCUT2D eigenvalue weighted by Gasteiger charge is -2.44. The monoisotopic (exact) mass is 303 g/mol. The summed E-state index contributed by atoms with van der Waals surface area (Å²) >= 11 is 0. The number of aliphatic hydroxyl groups excluding tert-OH is 1. The number of piperidine rings is 1. The fourth-order valence-electron chi connectivity index (χ4n) is 4.36.